The summed E-state index contributed by atoms with van der Waals surface area (Å²) in [7, 11) is 0. The van der Waals surface area contributed by atoms with E-state index in [9.17, 15) is 0 Å². The molecule has 1 aromatic rings. The molecule has 0 aliphatic heterocycles. The molecule has 0 aromatic carbocycles. The Hall–Kier alpha value is -0.450. The summed E-state index contributed by atoms with van der Waals surface area (Å²) >= 11 is 3.39. The Balaban J connectivity index is 2.60. The van der Waals surface area contributed by atoms with E-state index in [4.69, 9.17) is 10.5 Å². The van der Waals surface area contributed by atoms with Crippen LogP contribution in [0.15, 0.2) is 22.9 Å². The summed E-state index contributed by atoms with van der Waals surface area (Å²) in [6.45, 7) is 5.22. The average Bonchev–Trinajstić information content (AvgIpc) is 2.14. The van der Waals surface area contributed by atoms with Gasteiger partial charge in [-0.15, -0.1) is 0 Å². The van der Waals surface area contributed by atoms with Crippen molar-refractivity contribution in [2.45, 2.75) is 25.8 Å². The second kappa shape index (κ2) is 5.58. The van der Waals surface area contributed by atoms with Gasteiger partial charge in [0.05, 0.1) is 6.61 Å². The van der Waals surface area contributed by atoms with Crippen molar-refractivity contribution in [3.63, 3.8) is 0 Å². The molecular formula is C11H17BrN2O. The molecule has 0 spiro atoms. The van der Waals surface area contributed by atoms with Gasteiger partial charge in [-0.25, -0.2) is 0 Å². The molecule has 0 aliphatic rings. The molecule has 1 aromatic heterocycles. The van der Waals surface area contributed by atoms with Crippen LogP contribution >= 0.6 is 15.9 Å². The lowest BCUT2D eigenvalue weighted by atomic mass is 9.96. The molecule has 1 atom stereocenters. The van der Waals surface area contributed by atoms with Crippen LogP contribution in [0.4, 0.5) is 0 Å². The molecular weight excluding hydrogens is 256 g/mol. The largest absolute Gasteiger partial charge is 0.380 e. The van der Waals surface area contributed by atoms with Gasteiger partial charge in [-0.2, -0.15) is 0 Å². The number of rotatable bonds is 5. The van der Waals surface area contributed by atoms with Gasteiger partial charge in [0.1, 0.15) is 0 Å². The number of halogens is 1. The quantitative estimate of drug-likeness (QED) is 0.894. The maximum absolute atomic E-state index is 6.12. The standard InChI is InChI=1S/C11H17BrN2O/c1-3-15-8-11(2,13)5-9-4-10(12)7-14-6-9/h4,6-7H,3,5,8,13H2,1-2H3. The normalized spacial score (nSPS) is 14.9. The van der Waals surface area contributed by atoms with E-state index in [0.717, 1.165) is 16.5 Å². The molecule has 3 nitrogen and oxygen atoms in total. The van der Waals surface area contributed by atoms with Crippen molar-refractivity contribution >= 4 is 15.9 Å². The fourth-order valence-corrected chi connectivity index (χ4v) is 1.82. The number of aromatic nitrogens is 1. The van der Waals surface area contributed by atoms with Gasteiger partial charge in [0.15, 0.2) is 0 Å². The second-order valence-electron chi connectivity index (χ2n) is 3.98. The summed E-state index contributed by atoms with van der Waals surface area (Å²) in [6.07, 6.45) is 4.36. The number of hydrogen-bond acceptors (Lipinski definition) is 3. The van der Waals surface area contributed by atoms with E-state index in [1.54, 1.807) is 6.20 Å². The topological polar surface area (TPSA) is 48.1 Å². The molecule has 0 bridgehead atoms. The number of pyridine rings is 1. The third-order valence-electron chi connectivity index (χ3n) is 2.01. The molecule has 15 heavy (non-hydrogen) atoms. The summed E-state index contributed by atoms with van der Waals surface area (Å²) in [5, 5.41) is 0. The van der Waals surface area contributed by atoms with E-state index < -0.39 is 0 Å². The van der Waals surface area contributed by atoms with Gasteiger partial charge in [0, 0.05) is 29.0 Å². The third kappa shape index (κ3) is 4.73. The Morgan fingerprint density at radius 3 is 2.87 bits per heavy atom. The minimum Gasteiger partial charge on any atom is -0.380 e. The SMILES string of the molecule is CCOCC(C)(N)Cc1cncc(Br)c1. The van der Waals surface area contributed by atoms with Gasteiger partial charge in [-0.1, -0.05) is 0 Å². The van der Waals surface area contributed by atoms with Crippen LogP contribution in [0, 0.1) is 0 Å². The van der Waals surface area contributed by atoms with Crippen molar-refractivity contribution in [3.05, 3.63) is 28.5 Å². The minimum atomic E-state index is -0.335. The van der Waals surface area contributed by atoms with Crippen molar-refractivity contribution < 1.29 is 4.74 Å². The van der Waals surface area contributed by atoms with Gasteiger partial charge in [-0.05, 0) is 47.8 Å². The molecule has 4 heteroatoms. The predicted octanol–water partition coefficient (Wildman–Crippen LogP) is 2.14. The van der Waals surface area contributed by atoms with Crippen LogP contribution in [0.25, 0.3) is 0 Å². The fraction of sp³-hybridized carbons (Fsp3) is 0.545. The number of hydrogen-bond donors (Lipinski definition) is 1. The van der Waals surface area contributed by atoms with Crippen LogP contribution < -0.4 is 5.73 Å². The van der Waals surface area contributed by atoms with E-state index in [0.29, 0.717) is 13.2 Å². The van der Waals surface area contributed by atoms with E-state index >= 15 is 0 Å². The van der Waals surface area contributed by atoms with Gasteiger partial charge >= 0.3 is 0 Å². The van der Waals surface area contributed by atoms with E-state index in [2.05, 4.69) is 20.9 Å². The monoisotopic (exact) mass is 272 g/mol. The molecule has 0 fully saturated rings. The van der Waals surface area contributed by atoms with Crippen LogP contribution in [0.2, 0.25) is 0 Å². The lowest BCUT2D eigenvalue weighted by Gasteiger charge is -2.24. The maximum Gasteiger partial charge on any atom is 0.0646 e. The first-order chi connectivity index (χ1) is 7.03. The summed E-state index contributed by atoms with van der Waals surface area (Å²) in [5.41, 5.74) is 6.90. The number of nitrogens with two attached hydrogens (primary N) is 1. The van der Waals surface area contributed by atoms with E-state index in [1.165, 1.54) is 0 Å². The Morgan fingerprint density at radius 1 is 1.53 bits per heavy atom. The molecule has 84 valence electrons. The van der Waals surface area contributed by atoms with Gasteiger partial charge in [0.2, 0.25) is 0 Å². The molecule has 1 heterocycles. The highest BCUT2D eigenvalue weighted by atomic mass is 79.9. The van der Waals surface area contributed by atoms with Crippen LogP contribution in [-0.2, 0) is 11.2 Å². The lowest BCUT2D eigenvalue weighted by Crippen LogP contribution is -2.43. The van der Waals surface area contributed by atoms with Gasteiger partial charge in [0.25, 0.3) is 0 Å². The zero-order valence-electron chi connectivity index (χ0n) is 9.16. The van der Waals surface area contributed by atoms with Crippen molar-refractivity contribution in [1.29, 1.82) is 0 Å². The van der Waals surface area contributed by atoms with Crippen LogP contribution in [-0.4, -0.2) is 23.7 Å². The summed E-state index contributed by atoms with van der Waals surface area (Å²) in [6, 6.07) is 2.03. The first-order valence-electron chi connectivity index (χ1n) is 4.99. The van der Waals surface area contributed by atoms with Crippen molar-refractivity contribution in [2.24, 2.45) is 5.73 Å². The molecule has 0 aliphatic carbocycles. The summed E-state index contributed by atoms with van der Waals surface area (Å²) in [5.74, 6) is 0. The molecule has 1 unspecified atom stereocenters. The van der Waals surface area contributed by atoms with Crippen LogP contribution in [0.1, 0.15) is 19.4 Å². The number of ether oxygens (including phenoxy) is 1. The second-order valence-corrected chi connectivity index (χ2v) is 4.90. The molecule has 0 saturated carbocycles. The smallest absolute Gasteiger partial charge is 0.0646 e. The minimum absolute atomic E-state index is 0.335. The van der Waals surface area contributed by atoms with Gasteiger partial charge in [-0.3, -0.25) is 4.98 Å². The predicted molar refractivity (Wildman–Crippen MR) is 64.7 cm³/mol. The van der Waals surface area contributed by atoms with E-state index in [-0.39, 0.29) is 5.54 Å². The van der Waals surface area contributed by atoms with Crippen molar-refractivity contribution in [1.82, 2.24) is 4.98 Å². The maximum atomic E-state index is 6.12. The molecule has 2 N–H and O–H groups in total. The molecule has 0 saturated heterocycles. The van der Waals surface area contributed by atoms with Crippen molar-refractivity contribution in [2.75, 3.05) is 13.2 Å². The molecule has 0 amide bonds. The summed E-state index contributed by atoms with van der Waals surface area (Å²) in [4.78, 5) is 4.11. The Morgan fingerprint density at radius 2 is 2.27 bits per heavy atom. The average molecular weight is 273 g/mol. The summed E-state index contributed by atoms with van der Waals surface area (Å²) < 4.78 is 6.32. The third-order valence-corrected chi connectivity index (χ3v) is 2.44. The lowest BCUT2D eigenvalue weighted by molar-refractivity contribution is 0.101. The Kier molecular flexibility index (Phi) is 4.70. The van der Waals surface area contributed by atoms with Crippen molar-refractivity contribution in [3.8, 4) is 0 Å². The zero-order chi connectivity index (χ0) is 11.3. The highest BCUT2D eigenvalue weighted by Crippen LogP contribution is 2.14. The van der Waals surface area contributed by atoms with Crippen LogP contribution in [0.5, 0.6) is 0 Å². The first-order valence-corrected chi connectivity index (χ1v) is 5.79. The highest BCUT2D eigenvalue weighted by molar-refractivity contribution is 9.10. The zero-order valence-corrected chi connectivity index (χ0v) is 10.8. The number of nitrogens with zero attached hydrogens (tertiary/aromatic N) is 1. The Bertz CT molecular complexity index is 315. The molecule has 1 rings (SSSR count). The van der Waals surface area contributed by atoms with E-state index in [1.807, 2.05) is 26.1 Å². The Labute approximate surface area is 99.2 Å². The highest BCUT2D eigenvalue weighted by Gasteiger charge is 2.19. The molecule has 0 radical (unpaired) electrons. The fourth-order valence-electron chi connectivity index (χ4n) is 1.41. The van der Waals surface area contributed by atoms with Gasteiger partial charge < -0.3 is 10.5 Å². The van der Waals surface area contributed by atoms with Crippen LogP contribution in [0.3, 0.4) is 0 Å². The first kappa shape index (κ1) is 12.6.